The minimum absolute atomic E-state index is 0.00764. The molecule has 2 saturated heterocycles. The molecule has 1 aromatic heterocycles. The Morgan fingerprint density at radius 2 is 2.52 bits per heavy atom. The molecule has 3 heterocycles. The van der Waals surface area contributed by atoms with E-state index in [2.05, 4.69) is 22.8 Å². The minimum Gasteiger partial charge on any atom is -0.372 e. The van der Waals surface area contributed by atoms with E-state index in [1.165, 1.54) is 12.0 Å². The molecular formula is C16H25N3O2. The molecule has 0 bridgehead atoms. The van der Waals surface area contributed by atoms with E-state index in [1.807, 2.05) is 17.9 Å². The van der Waals surface area contributed by atoms with Gasteiger partial charge in [-0.1, -0.05) is 6.08 Å². The molecule has 0 aromatic carbocycles. The van der Waals surface area contributed by atoms with Crippen LogP contribution in [0, 0.1) is 0 Å². The van der Waals surface area contributed by atoms with E-state index in [-0.39, 0.29) is 11.7 Å². The van der Waals surface area contributed by atoms with Crippen molar-refractivity contribution in [3.63, 3.8) is 0 Å². The molecule has 2 aliphatic heterocycles. The summed E-state index contributed by atoms with van der Waals surface area (Å²) in [5, 5.41) is 4.25. The molecule has 1 spiro atoms. The van der Waals surface area contributed by atoms with Crippen molar-refractivity contribution in [3.8, 4) is 0 Å². The second-order valence-corrected chi connectivity index (χ2v) is 6.28. The third kappa shape index (κ3) is 3.54. The van der Waals surface area contributed by atoms with Crippen LogP contribution in [0.5, 0.6) is 0 Å². The lowest BCUT2D eigenvalue weighted by atomic mass is 9.89. The first kappa shape index (κ1) is 14.8. The summed E-state index contributed by atoms with van der Waals surface area (Å²) in [4.78, 5) is 2.48. The van der Waals surface area contributed by atoms with Crippen molar-refractivity contribution in [2.24, 2.45) is 7.05 Å². The lowest BCUT2D eigenvalue weighted by Gasteiger charge is -2.39. The molecule has 2 fully saturated rings. The number of likely N-dealkylation sites (tertiary alicyclic amines) is 1. The van der Waals surface area contributed by atoms with Crippen LogP contribution in [0.4, 0.5) is 0 Å². The molecule has 0 aliphatic carbocycles. The van der Waals surface area contributed by atoms with E-state index >= 15 is 0 Å². The first-order valence-electron chi connectivity index (χ1n) is 7.75. The standard InChI is InChI=1S/C16H25N3O2/c1-3-7-20-15-8-16(21-12-15)5-4-6-19(13-16)11-14-9-17-18(2)10-14/h3,9-10,15H,1,4-8,11-13H2,2H3. The Labute approximate surface area is 126 Å². The van der Waals surface area contributed by atoms with Crippen molar-refractivity contribution >= 4 is 0 Å². The number of aryl methyl sites for hydroxylation is 1. The van der Waals surface area contributed by atoms with Gasteiger partial charge in [0.25, 0.3) is 0 Å². The maximum absolute atomic E-state index is 6.14. The van der Waals surface area contributed by atoms with Crippen molar-refractivity contribution in [3.05, 3.63) is 30.6 Å². The van der Waals surface area contributed by atoms with Gasteiger partial charge in [0.1, 0.15) is 0 Å². The van der Waals surface area contributed by atoms with Crippen LogP contribution in [-0.4, -0.2) is 52.7 Å². The SMILES string of the molecule is C=CCOC1COC2(CCCN(Cc3cnn(C)c3)C2)C1. The number of hydrogen-bond donors (Lipinski definition) is 0. The number of nitrogens with zero attached hydrogens (tertiary/aromatic N) is 3. The molecule has 0 radical (unpaired) electrons. The van der Waals surface area contributed by atoms with Crippen LogP contribution in [0.3, 0.4) is 0 Å². The zero-order chi connectivity index (χ0) is 14.7. The van der Waals surface area contributed by atoms with Crippen LogP contribution in [0.25, 0.3) is 0 Å². The van der Waals surface area contributed by atoms with Crippen molar-refractivity contribution in [2.45, 2.75) is 37.5 Å². The average Bonchev–Trinajstić information content (AvgIpc) is 3.04. The normalized spacial score (nSPS) is 30.0. The summed E-state index contributed by atoms with van der Waals surface area (Å²) >= 11 is 0. The molecule has 5 nitrogen and oxygen atoms in total. The second kappa shape index (κ2) is 6.30. The lowest BCUT2D eigenvalue weighted by molar-refractivity contribution is -0.0544. The average molecular weight is 291 g/mol. The topological polar surface area (TPSA) is 39.5 Å². The molecule has 1 aromatic rings. The maximum atomic E-state index is 6.14. The van der Waals surface area contributed by atoms with Gasteiger partial charge < -0.3 is 9.47 Å². The Bertz CT molecular complexity index is 488. The molecular weight excluding hydrogens is 266 g/mol. The molecule has 5 heteroatoms. The quantitative estimate of drug-likeness (QED) is 0.775. The molecule has 2 aliphatic rings. The zero-order valence-electron chi connectivity index (χ0n) is 12.8. The van der Waals surface area contributed by atoms with E-state index in [0.717, 1.165) is 32.5 Å². The van der Waals surface area contributed by atoms with E-state index in [4.69, 9.17) is 9.47 Å². The molecule has 116 valence electrons. The first-order chi connectivity index (χ1) is 10.2. The van der Waals surface area contributed by atoms with Crippen molar-refractivity contribution in [1.82, 2.24) is 14.7 Å². The number of piperidine rings is 1. The van der Waals surface area contributed by atoms with Crippen LogP contribution in [0.1, 0.15) is 24.8 Å². The fourth-order valence-electron chi connectivity index (χ4n) is 3.54. The Kier molecular flexibility index (Phi) is 4.42. The third-order valence-electron chi connectivity index (χ3n) is 4.41. The van der Waals surface area contributed by atoms with Crippen molar-refractivity contribution < 1.29 is 9.47 Å². The minimum atomic E-state index is -0.00764. The number of rotatable bonds is 5. The molecule has 0 N–H and O–H groups in total. The summed E-state index contributed by atoms with van der Waals surface area (Å²) in [5.41, 5.74) is 1.26. The van der Waals surface area contributed by atoms with Gasteiger partial charge in [-0.3, -0.25) is 9.58 Å². The number of hydrogen-bond acceptors (Lipinski definition) is 4. The van der Waals surface area contributed by atoms with E-state index in [0.29, 0.717) is 13.2 Å². The Hall–Kier alpha value is -1.17. The van der Waals surface area contributed by atoms with E-state index < -0.39 is 0 Å². The van der Waals surface area contributed by atoms with Gasteiger partial charge in [0, 0.05) is 38.3 Å². The number of ether oxygens (including phenoxy) is 2. The highest BCUT2D eigenvalue weighted by Gasteiger charge is 2.43. The van der Waals surface area contributed by atoms with Gasteiger partial charge in [0.2, 0.25) is 0 Å². The van der Waals surface area contributed by atoms with Crippen LogP contribution in [-0.2, 0) is 23.1 Å². The first-order valence-corrected chi connectivity index (χ1v) is 7.75. The monoisotopic (exact) mass is 291 g/mol. The maximum Gasteiger partial charge on any atom is 0.0841 e. The van der Waals surface area contributed by atoms with Gasteiger partial charge in [0.05, 0.1) is 31.1 Å². The zero-order valence-corrected chi connectivity index (χ0v) is 12.8. The molecule has 0 amide bonds. The summed E-state index contributed by atoms with van der Waals surface area (Å²) in [6, 6.07) is 0. The van der Waals surface area contributed by atoms with Gasteiger partial charge in [-0.15, -0.1) is 6.58 Å². The predicted octanol–water partition coefficient (Wildman–Crippen LogP) is 1.75. The van der Waals surface area contributed by atoms with Crippen LogP contribution >= 0.6 is 0 Å². The van der Waals surface area contributed by atoms with Gasteiger partial charge in [0.15, 0.2) is 0 Å². The fraction of sp³-hybridized carbons (Fsp3) is 0.688. The molecule has 2 unspecified atom stereocenters. The van der Waals surface area contributed by atoms with Crippen molar-refractivity contribution in [1.29, 1.82) is 0 Å². The summed E-state index contributed by atoms with van der Waals surface area (Å²) in [7, 11) is 1.96. The van der Waals surface area contributed by atoms with Gasteiger partial charge >= 0.3 is 0 Å². The van der Waals surface area contributed by atoms with Gasteiger partial charge in [-0.2, -0.15) is 5.10 Å². The predicted molar refractivity (Wildman–Crippen MR) is 81.0 cm³/mol. The lowest BCUT2D eigenvalue weighted by Crippen LogP contribution is -2.47. The van der Waals surface area contributed by atoms with E-state index in [9.17, 15) is 0 Å². The largest absolute Gasteiger partial charge is 0.372 e. The van der Waals surface area contributed by atoms with Crippen LogP contribution < -0.4 is 0 Å². The fourth-order valence-corrected chi connectivity index (χ4v) is 3.54. The Morgan fingerprint density at radius 3 is 3.29 bits per heavy atom. The molecule has 2 atom stereocenters. The second-order valence-electron chi connectivity index (χ2n) is 6.28. The molecule has 21 heavy (non-hydrogen) atoms. The van der Waals surface area contributed by atoms with Crippen molar-refractivity contribution in [2.75, 3.05) is 26.3 Å². The third-order valence-corrected chi connectivity index (χ3v) is 4.41. The number of aromatic nitrogens is 2. The summed E-state index contributed by atoms with van der Waals surface area (Å²) < 4.78 is 13.8. The van der Waals surface area contributed by atoms with E-state index in [1.54, 1.807) is 6.08 Å². The Balaban J connectivity index is 1.57. The molecule has 0 saturated carbocycles. The summed E-state index contributed by atoms with van der Waals surface area (Å²) in [5.74, 6) is 0. The highest BCUT2D eigenvalue weighted by Crippen LogP contribution is 2.36. The van der Waals surface area contributed by atoms with Gasteiger partial charge in [-0.25, -0.2) is 0 Å². The highest BCUT2D eigenvalue weighted by molar-refractivity contribution is 5.05. The highest BCUT2D eigenvalue weighted by atomic mass is 16.6. The molecule has 3 rings (SSSR count). The van der Waals surface area contributed by atoms with Crippen LogP contribution in [0.15, 0.2) is 25.0 Å². The summed E-state index contributed by atoms with van der Waals surface area (Å²) in [6.45, 7) is 8.12. The smallest absolute Gasteiger partial charge is 0.0841 e. The Morgan fingerprint density at radius 1 is 1.62 bits per heavy atom. The summed E-state index contributed by atoms with van der Waals surface area (Å²) in [6.07, 6.45) is 9.41. The van der Waals surface area contributed by atoms with Crippen LogP contribution in [0.2, 0.25) is 0 Å². The van der Waals surface area contributed by atoms with Gasteiger partial charge in [-0.05, 0) is 19.4 Å².